The minimum absolute atomic E-state index is 0.117. The molecule has 18 heavy (non-hydrogen) atoms. The zero-order valence-electron chi connectivity index (χ0n) is 8.55. The average Bonchev–Trinajstić information content (AvgIpc) is 2.29. The first-order valence-corrected chi connectivity index (χ1v) is 4.28. The van der Waals surface area contributed by atoms with Crippen molar-refractivity contribution in [2.75, 3.05) is 0 Å². The van der Waals surface area contributed by atoms with Gasteiger partial charge in [-0.3, -0.25) is 10.1 Å². The molecule has 0 bridgehead atoms. The third kappa shape index (κ3) is 3.52. The van der Waals surface area contributed by atoms with Crippen LogP contribution in [0.2, 0.25) is 0 Å². The van der Waals surface area contributed by atoms with Crippen molar-refractivity contribution in [3.05, 3.63) is 39.6 Å². The Morgan fingerprint density at radius 2 is 1.78 bits per heavy atom. The summed E-state index contributed by atoms with van der Waals surface area (Å²) in [4.78, 5) is 29.8. The molecule has 94 valence electrons. The number of carbonyl (C=O) groups excluding carboxylic acids is 1. The van der Waals surface area contributed by atoms with E-state index in [1.807, 2.05) is 0 Å². The highest BCUT2D eigenvalue weighted by molar-refractivity contribution is 5.70. The molecule has 0 saturated carbocycles. The van der Waals surface area contributed by atoms with E-state index in [4.69, 9.17) is 5.11 Å². The molecule has 0 atom stereocenters. The van der Waals surface area contributed by atoms with E-state index in [9.17, 15) is 24.9 Å². The number of hydrogen-bond donors (Lipinski definition) is 1. The van der Waals surface area contributed by atoms with Gasteiger partial charge in [0.15, 0.2) is 0 Å². The standard InChI is InChI=1S/C8H5N3O7/c12-7(9-10(15)8(13)14)18-6-3-1-5(2-4-6)11(16)17/h1-4H,(H,13,14). The molecule has 10 heteroatoms. The lowest BCUT2D eigenvalue weighted by molar-refractivity contribution is -0.439. The van der Waals surface area contributed by atoms with E-state index in [0.717, 1.165) is 24.3 Å². The number of rotatable bonds is 2. The van der Waals surface area contributed by atoms with Gasteiger partial charge in [-0.2, -0.15) is 4.79 Å². The largest absolute Gasteiger partial charge is 0.633 e. The van der Waals surface area contributed by atoms with Crippen molar-refractivity contribution in [1.29, 1.82) is 0 Å². The first-order valence-electron chi connectivity index (χ1n) is 4.28. The van der Waals surface area contributed by atoms with Crippen LogP contribution in [0, 0.1) is 15.3 Å². The average molecular weight is 255 g/mol. The number of nitrogens with zero attached hydrogens (tertiary/aromatic N) is 3. The second-order valence-corrected chi connectivity index (χ2v) is 2.77. The Morgan fingerprint density at radius 1 is 1.22 bits per heavy atom. The van der Waals surface area contributed by atoms with Crippen LogP contribution in [0.3, 0.4) is 0 Å². The molecule has 0 aromatic heterocycles. The minimum Gasteiger partial charge on any atom is -0.589 e. The number of nitro benzene ring substituents is 1. The van der Waals surface area contributed by atoms with Gasteiger partial charge >= 0.3 is 12.2 Å². The Bertz CT molecular complexity index is 522. The number of benzene rings is 1. The topological polar surface area (TPSA) is 145 Å². The second kappa shape index (κ2) is 5.34. The zero-order valence-corrected chi connectivity index (χ0v) is 8.55. The van der Waals surface area contributed by atoms with Gasteiger partial charge in [-0.15, -0.1) is 0 Å². The second-order valence-electron chi connectivity index (χ2n) is 2.77. The smallest absolute Gasteiger partial charge is 0.589 e. The van der Waals surface area contributed by atoms with Gasteiger partial charge in [0.2, 0.25) is 0 Å². The van der Waals surface area contributed by atoms with Crippen molar-refractivity contribution in [3.63, 3.8) is 0 Å². The molecular weight excluding hydrogens is 250 g/mol. The minimum atomic E-state index is -1.98. The van der Waals surface area contributed by atoms with Gasteiger partial charge in [0.1, 0.15) is 10.9 Å². The summed E-state index contributed by atoms with van der Waals surface area (Å²) in [6, 6.07) is 4.33. The molecule has 1 aromatic rings. The number of non-ortho nitro benzene ring substituents is 1. The predicted octanol–water partition coefficient (Wildman–Crippen LogP) is 1.73. The first kappa shape index (κ1) is 13.0. The molecule has 0 aliphatic heterocycles. The van der Waals surface area contributed by atoms with Gasteiger partial charge in [0.25, 0.3) is 5.69 Å². The van der Waals surface area contributed by atoms with E-state index in [1.165, 1.54) is 0 Å². The van der Waals surface area contributed by atoms with E-state index in [-0.39, 0.29) is 11.4 Å². The third-order valence-electron chi connectivity index (χ3n) is 1.59. The number of carbonyl (C=O) groups is 2. The SMILES string of the molecule is O=C(N=[N+]([O-])C(=O)O)Oc1ccc([N+](=O)[O-])cc1. The Kier molecular flexibility index (Phi) is 3.86. The number of amides is 2. The van der Waals surface area contributed by atoms with Crippen LogP contribution in [0.1, 0.15) is 0 Å². The normalized spacial score (nSPS) is 10.8. The maximum atomic E-state index is 10.9. The summed E-state index contributed by atoms with van der Waals surface area (Å²) < 4.78 is 4.44. The van der Waals surface area contributed by atoms with Crippen LogP contribution in [0.5, 0.6) is 5.75 Å². The monoisotopic (exact) mass is 255 g/mol. The summed E-state index contributed by atoms with van der Waals surface area (Å²) in [6.07, 6.45) is -3.43. The first-order chi connectivity index (χ1) is 8.40. The fourth-order valence-corrected chi connectivity index (χ4v) is 0.874. The summed E-state index contributed by atoms with van der Waals surface area (Å²) in [5.41, 5.74) is -0.220. The van der Waals surface area contributed by atoms with Crippen LogP contribution in [0.15, 0.2) is 29.4 Å². The highest BCUT2D eigenvalue weighted by Gasteiger charge is 2.15. The maximum Gasteiger partial charge on any atom is 0.633 e. The van der Waals surface area contributed by atoms with E-state index >= 15 is 0 Å². The van der Waals surface area contributed by atoms with Gasteiger partial charge in [0, 0.05) is 17.0 Å². The van der Waals surface area contributed by atoms with Crippen molar-refractivity contribution in [1.82, 2.24) is 0 Å². The van der Waals surface area contributed by atoms with Crippen LogP contribution in [0.4, 0.5) is 15.3 Å². The molecule has 2 amide bonds. The molecule has 1 rings (SSSR count). The molecule has 1 N–H and O–H groups in total. The number of nitro groups is 1. The summed E-state index contributed by atoms with van der Waals surface area (Å²) in [6.45, 7) is 0. The number of azo groups is 1. The molecule has 0 heterocycles. The number of hydroxylamine groups is 1. The van der Waals surface area contributed by atoms with Crippen molar-refractivity contribution in [2.24, 2.45) is 5.11 Å². The van der Waals surface area contributed by atoms with Crippen molar-refractivity contribution in [2.45, 2.75) is 0 Å². The van der Waals surface area contributed by atoms with E-state index < -0.39 is 22.0 Å². The van der Waals surface area contributed by atoms with Crippen molar-refractivity contribution >= 4 is 17.9 Å². The molecule has 0 fully saturated rings. The summed E-state index contributed by atoms with van der Waals surface area (Å²) in [5.74, 6) is -0.117. The fraction of sp³-hybridized carbons (Fsp3) is 0. The Hall–Kier alpha value is -3.04. The highest BCUT2D eigenvalue weighted by atomic mass is 16.6. The predicted molar refractivity (Wildman–Crippen MR) is 53.2 cm³/mol. The van der Waals surface area contributed by atoms with Crippen LogP contribution in [-0.4, -0.2) is 27.1 Å². The number of ether oxygens (including phenoxy) is 1. The molecule has 0 aliphatic carbocycles. The summed E-state index contributed by atoms with van der Waals surface area (Å²) >= 11 is 0. The van der Waals surface area contributed by atoms with Gasteiger partial charge in [-0.05, 0) is 12.1 Å². The van der Waals surface area contributed by atoms with Crippen LogP contribution in [-0.2, 0) is 0 Å². The Labute approximate surface area is 98.5 Å². The van der Waals surface area contributed by atoms with Gasteiger partial charge in [-0.25, -0.2) is 4.79 Å². The molecular formula is C8H5N3O7. The third-order valence-corrected chi connectivity index (χ3v) is 1.59. The molecule has 10 nitrogen and oxygen atoms in total. The lowest BCUT2D eigenvalue weighted by Crippen LogP contribution is -2.13. The maximum absolute atomic E-state index is 10.9. The van der Waals surface area contributed by atoms with Crippen molar-refractivity contribution in [3.8, 4) is 5.75 Å². The van der Waals surface area contributed by atoms with E-state index in [2.05, 4.69) is 9.85 Å². The lowest BCUT2D eigenvalue weighted by Gasteiger charge is -1.98. The lowest BCUT2D eigenvalue weighted by atomic mass is 10.3. The zero-order chi connectivity index (χ0) is 13.7. The van der Waals surface area contributed by atoms with Crippen LogP contribution >= 0.6 is 0 Å². The van der Waals surface area contributed by atoms with Crippen LogP contribution < -0.4 is 4.74 Å². The summed E-state index contributed by atoms with van der Waals surface area (Å²) in [5, 5.41) is 31.4. The van der Waals surface area contributed by atoms with Gasteiger partial charge < -0.3 is 15.1 Å². The van der Waals surface area contributed by atoms with Crippen molar-refractivity contribution < 1.29 is 29.2 Å². The molecule has 0 spiro atoms. The molecule has 0 unspecified atom stereocenters. The van der Waals surface area contributed by atoms with Crippen LogP contribution in [0.25, 0.3) is 0 Å². The van der Waals surface area contributed by atoms with Gasteiger partial charge in [0.05, 0.1) is 4.92 Å². The quantitative estimate of drug-likeness (QED) is 0.366. The molecule has 0 saturated heterocycles. The Morgan fingerprint density at radius 3 is 2.22 bits per heavy atom. The summed E-state index contributed by atoms with van der Waals surface area (Å²) in [7, 11) is 0. The van der Waals surface area contributed by atoms with E-state index in [0.29, 0.717) is 0 Å². The van der Waals surface area contributed by atoms with Gasteiger partial charge in [-0.1, -0.05) is 0 Å². The Balaban J connectivity index is 2.74. The molecule has 0 aliphatic rings. The molecule has 1 aromatic carbocycles. The fourth-order valence-electron chi connectivity index (χ4n) is 0.874. The number of hydrogen-bond acceptors (Lipinski definition) is 6. The van der Waals surface area contributed by atoms with E-state index in [1.54, 1.807) is 0 Å². The number of carboxylic acid groups (broad SMARTS) is 1. The molecule has 0 radical (unpaired) electrons. The highest BCUT2D eigenvalue weighted by Crippen LogP contribution is 2.17.